The second-order valence-corrected chi connectivity index (χ2v) is 6.18. The van der Waals surface area contributed by atoms with Crippen LogP contribution in [0.15, 0.2) is 18.2 Å². The molecule has 3 rings (SSSR count). The lowest BCUT2D eigenvalue weighted by Gasteiger charge is -2.21. The van der Waals surface area contributed by atoms with Crippen LogP contribution < -0.4 is 0 Å². The van der Waals surface area contributed by atoms with Crippen LogP contribution in [0, 0.1) is 13.8 Å². The van der Waals surface area contributed by atoms with Gasteiger partial charge in [-0.1, -0.05) is 6.92 Å². The lowest BCUT2D eigenvalue weighted by Crippen LogP contribution is -2.35. The minimum absolute atomic E-state index is 0.102. The number of amides is 1. The van der Waals surface area contributed by atoms with Gasteiger partial charge in [-0.2, -0.15) is 0 Å². The van der Waals surface area contributed by atoms with Crippen molar-refractivity contribution >= 4 is 16.9 Å². The maximum atomic E-state index is 12.8. The highest BCUT2D eigenvalue weighted by atomic mass is 16.2. The highest BCUT2D eigenvalue weighted by molar-refractivity contribution is 5.97. The molecule has 0 bridgehead atoms. The molecule has 0 N–H and O–H groups in total. The second kappa shape index (κ2) is 6.62. The highest BCUT2D eigenvalue weighted by Crippen LogP contribution is 2.16. The molecule has 1 aromatic carbocycles. The zero-order chi connectivity index (χ0) is 16.4. The van der Waals surface area contributed by atoms with E-state index < -0.39 is 0 Å². The fourth-order valence-corrected chi connectivity index (χ4v) is 3.04. The van der Waals surface area contributed by atoms with Gasteiger partial charge < -0.3 is 9.80 Å². The molecular weight excluding hydrogens is 288 g/mol. The summed E-state index contributed by atoms with van der Waals surface area (Å²) in [6.45, 7) is 10.8. The van der Waals surface area contributed by atoms with Crippen LogP contribution in [0.1, 0.15) is 35.1 Å². The van der Waals surface area contributed by atoms with Gasteiger partial charge in [0.1, 0.15) is 0 Å². The van der Waals surface area contributed by atoms with Gasteiger partial charge in [-0.15, -0.1) is 0 Å². The monoisotopic (exact) mass is 312 g/mol. The van der Waals surface area contributed by atoms with E-state index >= 15 is 0 Å². The quantitative estimate of drug-likeness (QED) is 0.854. The summed E-state index contributed by atoms with van der Waals surface area (Å²) in [7, 11) is 0. The molecule has 0 radical (unpaired) electrons. The van der Waals surface area contributed by atoms with Gasteiger partial charge in [0.25, 0.3) is 5.91 Å². The summed E-state index contributed by atoms with van der Waals surface area (Å²) in [6.07, 6.45) is 1.03. The van der Waals surface area contributed by atoms with Crippen molar-refractivity contribution in [3.8, 4) is 0 Å². The Morgan fingerprint density at radius 3 is 2.52 bits per heavy atom. The molecule has 0 aliphatic carbocycles. The minimum Gasteiger partial charge on any atom is -0.337 e. The fraction of sp³-hybridized carbons (Fsp3) is 0.500. The van der Waals surface area contributed by atoms with Crippen LogP contribution in [0.3, 0.4) is 0 Å². The lowest BCUT2D eigenvalue weighted by atomic mass is 10.1. The van der Waals surface area contributed by atoms with E-state index in [9.17, 15) is 4.79 Å². The van der Waals surface area contributed by atoms with E-state index in [0.717, 1.165) is 61.6 Å². The molecule has 5 heteroatoms. The third-order valence-electron chi connectivity index (χ3n) is 4.65. The van der Waals surface area contributed by atoms with Crippen LogP contribution in [-0.2, 0) is 0 Å². The van der Waals surface area contributed by atoms with E-state index in [1.165, 1.54) is 0 Å². The molecule has 0 spiro atoms. The van der Waals surface area contributed by atoms with Crippen LogP contribution in [0.4, 0.5) is 0 Å². The van der Waals surface area contributed by atoms with Crippen LogP contribution in [0.5, 0.6) is 0 Å². The van der Waals surface area contributed by atoms with Gasteiger partial charge >= 0.3 is 0 Å². The first kappa shape index (κ1) is 15.9. The molecule has 2 aromatic rings. The largest absolute Gasteiger partial charge is 0.337 e. The highest BCUT2D eigenvalue weighted by Gasteiger charge is 2.20. The number of hydrogen-bond donors (Lipinski definition) is 0. The van der Waals surface area contributed by atoms with Crippen LogP contribution in [0.2, 0.25) is 0 Å². The molecule has 0 saturated carbocycles. The second-order valence-electron chi connectivity index (χ2n) is 6.18. The number of likely N-dealkylation sites (N-methyl/N-ethyl adjacent to an activating group) is 1. The first-order valence-electron chi connectivity index (χ1n) is 8.35. The van der Waals surface area contributed by atoms with Gasteiger partial charge in [-0.25, -0.2) is 9.97 Å². The van der Waals surface area contributed by atoms with Gasteiger partial charge in [-0.3, -0.25) is 4.79 Å². The number of aromatic nitrogens is 2. The fourth-order valence-electron chi connectivity index (χ4n) is 3.04. The van der Waals surface area contributed by atoms with Crippen LogP contribution in [0.25, 0.3) is 11.0 Å². The third-order valence-corrected chi connectivity index (χ3v) is 4.65. The Morgan fingerprint density at radius 2 is 1.78 bits per heavy atom. The minimum atomic E-state index is 0.102. The number of hydrogen-bond acceptors (Lipinski definition) is 4. The van der Waals surface area contributed by atoms with Crippen molar-refractivity contribution in [2.24, 2.45) is 0 Å². The van der Waals surface area contributed by atoms with E-state index in [1.54, 1.807) is 0 Å². The van der Waals surface area contributed by atoms with Gasteiger partial charge in [0.15, 0.2) is 0 Å². The Balaban J connectivity index is 1.84. The van der Waals surface area contributed by atoms with Crippen molar-refractivity contribution in [3.05, 3.63) is 35.2 Å². The smallest absolute Gasteiger partial charge is 0.253 e. The average molecular weight is 312 g/mol. The maximum Gasteiger partial charge on any atom is 0.253 e. The van der Waals surface area contributed by atoms with E-state index in [1.807, 2.05) is 36.9 Å². The summed E-state index contributed by atoms with van der Waals surface area (Å²) in [5.41, 5.74) is 4.20. The molecule has 1 fully saturated rings. The molecule has 1 amide bonds. The molecule has 1 aliphatic heterocycles. The topological polar surface area (TPSA) is 49.3 Å². The maximum absolute atomic E-state index is 12.8. The Morgan fingerprint density at radius 1 is 1.04 bits per heavy atom. The molecule has 1 saturated heterocycles. The molecule has 23 heavy (non-hydrogen) atoms. The molecule has 1 aromatic heterocycles. The molecule has 122 valence electrons. The van der Waals surface area contributed by atoms with Gasteiger partial charge in [0, 0.05) is 25.2 Å². The average Bonchev–Trinajstić information content (AvgIpc) is 2.80. The zero-order valence-electron chi connectivity index (χ0n) is 14.2. The SMILES string of the molecule is CCN1CCCN(C(=O)c2ccc3nc(C)c(C)nc3c2)CC1. The first-order chi connectivity index (χ1) is 11.1. The normalized spacial score (nSPS) is 16.6. The first-order valence-corrected chi connectivity index (χ1v) is 8.35. The van der Waals surface area contributed by atoms with E-state index in [-0.39, 0.29) is 5.91 Å². The molecule has 0 atom stereocenters. The number of carbonyl (C=O) groups excluding carboxylic acids is 1. The number of nitrogens with zero attached hydrogens (tertiary/aromatic N) is 4. The Labute approximate surface area is 137 Å². The summed E-state index contributed by atoms with van der Waals surface area (Å²) in [6, 6.07) is 5.65. The van der Waals surface area contributed by atoms with Crippen LogP contribution >= 0.6 is 0 Å². The Bertz CT molecular complexity index is 728. The van der Waals surface area contributed by atoms with Crippen molar-refractivity contribution in [2.45, 2.75) is 27.2 Å². The lowest BCUT2D eigenvalue weighted by molar-refractivity contribution is 0.0762. The van der Waals surface area contributed by atoms with Crippen LogP contribution in [-0.4, -0.2) is 58.4 Å². The third kappa shape index (κ3) is 3.34. The van der Waals surface area contributed by atoms with Crippen molar-refractivity contribution in [3.63, 3.8) is 0 Å². The van der Waals surface area contributed by atoms with Crippen molar-refractivity contribution in [1.82, 2.24) is 19.8 Å². The number of rotatable bonds is 2. The Hall–Kier alpha value is -2.01. The van der Waals surface area contributed by atoms with Crippen molar-refractivity contribution in [1.29, 1.82) is 0 Å². The molecular formula is C18H24N4O. The summed E-state index contributed by atoms with van der Waals surface area (Å²) in [4.78, 5) is 26.3. The number of fused-ring (bicyclic) bond motifs is 1. The van der Waals surface area contributed by atoms with Gasteiger partial charge in [0.05, 0.1) is 22.4 Å². The number of aryl methyl sites for hydroxylation is 2. The predicted octanol–water partition coefficient (Wildman–Crippen LogP) is 2.41. The summed E-state index contributed by atoms with van der Waals surface area (Å²) in [5, 5.41) is 0. The summed E-state index contributed by atoms with van der Waals surface area (Å²) in [5.74, 6) is 0.102. The number of benzene rings is 1. The predicted molar refractivity (Wildman–Crippen MR) is 91.6 cm³/mol. The van der Waals surface area contributed by atoms with Gasteiger partial charge in [0.2, 0.25) is 0 Å². The van der Waals surface area contributed by atoms with E-state index in [2.05, 4.69) is 21.8 Å². The Kier molecular flexibility index (Phi) is 4.57. The summed E-state index contributed by atoms with van der Waals surface area (Å²) >= 11 is 0. The molecule has 0 unspecified atom stereocenters. The van der Waals surface area contributed by atoms with Gasteiger partial charge in [-0.05, 0) is 51.6 Å². The van der Waals surface area contributed by atoms with E-state index in [0.29, 0.717) is 5.56 Å². The van der Waals surface area contributed by atoms with E-state index in [4.69, 9.17) is 0 Å². The zero-order valence-corrected chi connectivity index (χ0v) is 14.2. The molecule has 1 aliphatic rings. The standard InChI is InChI=1S/C18H24N4O/c1-4-21-8-5-9-22(11-10-21)18(23)15-6-7-16-17(12-15)20-14(3)13(2)19-16/h6-7,12H,4-5,8-11H2,1-3H3. The number of carbonyl (C=O) groups is 1. The molecule has 2 heterocycles. The molecule has 5 nitrogen and oxygen atoms in total. The van der Waals surface area contributed by atoms with Crippen molar-refractivity contribution < 1.29 is 4.79 Å². The summed E-state index contributed by atoms with van der Waals surface area (Å²) < 4.78 is 0. The van der Waals surface area contributed by atoms with Crippen molar-refractivity contribution in [2.75, 3.05) is 32.7 Å².